The first-order chi connectivity index (χ1) is 10.2. The van der Waals surface area contributed by atoms with Crippen LogP contribution in [-0.2, 0) is 4.79 Å². The SMILES string of the molecule is CCNC(=O)C1CNCCN1c1cc(OC)ccc1C#N. The van der Waals surface area contributed by atoms with Gasteiger partial charge in [-0.05, 0) is 19.1 Å². The van der Waals surface area contributed by atoms with Crippen molar-refractivity contribution in [1.82, 2.24) is 10.6 Å². The third-order valence-electron chi connectivity index (χ3n) is 3.53. The molecule has 1 aromatic rings. The summed E-state index contributed by atoms with van der Waals surface area (Å²) in [5, 5.41) is 15.4. The van der Waals surface area contributed by atoms with Crippen molar-refractivity contribution in [3.63, 3.8) is 0 Å². The summed E-state index contributed by atoms with van der Waals surface area (Å²) in [6, 6.07) is 7.16. The summed E-state index contributed by atoms with van der Waals surface area (Å²) < 4.78 is 5.24. The van der Waals surface area contributed by atoms with Gasteiger partial charge in [-0.3, -0.25) is 4.79 Å². The van der Waals surface area contributed by atoms with E-state index in [0.717, 1.165) is 12.2 Å². The molecule has 1 aromatic carbocycles. The van der Waals surface area contributed by atoms with E-state index in [4.69, 9.17) is 4.74 Å². The molecule has 1 heterocycles. The predicted molar refractivity (Wildman–Crippen MR) is 80.4 cm³/mol. The zero-order valence-corrected chi connectivity index (χ0v) is 12.3. The smallest absolute Gasteiger partial charge is 0.244 e. The normalized spacial score (nSPS) is 18.0. The Labute approximate surface area is 124 Å². The molecular formula is C15H20N4O2. The van der Waals surface area contributed by atoms with E-state index >= 15 is 0 Å². The van der Waals surface area contributed by atoms with E-state index in [1.807, 2.05) is 17.9 Å². The summed E-state index contributed by atoms with van der Waals surface area (Å²) in [6.07, 6.45) is 0. The lowest BCUT2D eigenvalue weighted by molar-refractivity contribution is -0.122. The molecule has 1 atom stereocenters. The minimum Gasteiger partial charge on any atom is -0.497 e. The third-order valence-corrected chi connectivity index (χ3v) is 3.53. The number of carbonyl (C=O) groups excluding carboxylic acids is 1. The maximum atomic E-state index is 12.2. The van der Waals surface area contributed by atoms with Gasteiger partial charge in [0.15, 0.2) is 0 Å². The first kappa shape index (κ1) is 15.1. The van der Waals surface area contributed by atoms with Gasteiger partial charge in [-0.15, -0.1) is 0 Å². The van der Waals surface area contributed by atoms with Gasteiger partial charge < -0.3 is 20.3 Å². The van der Waals surface area contributed by atoms with Gasteiger partial charge in [-0.1, -0.05) is 0 Å². The Balaban J connectivity index is 2.37. The van der Waals surface area contributed by atoms with E-state index in [0.29, 0.717) is 30.9 Å². The Morgan fingerprint density at radius 2 is 2.43 bits per heavy atom. The molecule has 6 nitrogen and oxygen atoms in total. The van der Waals surface area contributed by atoms with Crippen LogP contribution in [0.2, 0.25) is 0 Å². The van der Waals surface area contributed by atoms with Crippen LogP contribution >= 0.6 is 0 Å². The standard InChI is InChI=1S/C15H20N4O2/c1-3-18-15(20)14-10-17-6-7-19(14)13-8-12(21-2)5-4-11(13)9-16/h4-5,8,14,17H,3,6-7,10H2,1-2H3,(H,18,20). The van der Waals surface area contributed by atoms with Crippen LogP contribution in [0.15, 0.2) is 18.2 Å². The number of rotatable bonds is 4. The fraction of sp³-hybridized carbons (Fsp3) is 0.467. The number of methoxy groups -OCH3 is 1. The molecule has 1 aliphatic heterocycles. The van der Waals surface area contributed by atoms with E-state index < -0.39 is 0 Å². The third kappa shape index (κ3) is 3.26. The maximum Gasteiger partial charge on any atom is 0.244 e. The van der Waals surface area contributed by atoms with Crippen molar-refractivity contribution in [2.75, 3.05) is 38.2 Å². The first-order valence-electron chi connectivity index (χ1n) is 7.04. The Kier molecular flexibility index (Phi) is 5.01. The fourth-order valence-corrected chi connectivity index (χ4v) is 2.49. The molecule has 0 saturated carbocycles. The fourth-order valence-electron chi connectivity index (χ4n) is 2.49. The highest BCUT2D eigenvalue weighted by atomic mass is 16.5. The highest BCUT2D eigenvalue weighted by molar-refractivity contribution is 5.86. The molecule has 1 unspecified atom stereocenters. The van der Waals surface area contributed by atoms with Crippen LogP contribution < -0.4 is 20.3 Å². The summed E-state index contributed by atoms with van der Waals surface area (Å²) in [4.78, 5) is 14.2. The van der Waals surface area contributed by atoms with E-state index in [9.17, 15) is 10.1 Å². The number of piperazine rings is 1. The van der Waals surface area contributed by atoms with Crippen LogP contribution in [-0.4, -0.2) is 45.2 Å². The van der Waals surface area contributed by atoms with Gasteiger partial charge in [-0.2, -0.15) is 5.26 Å². The van der Waals surface area contributed by atoms with Crippen molar-refractivity contribution in [3.05, 3.63) is 23.8 Å². The van der Waals surface area contributed by atoms with Crippen molar-refractivity contribution >= 4 is 11.6 Å². The van der Waals surface area contributed by atoms with E-state index in [-0.39, 0.29) is 11.9 Å². The largest absolute Gasteiger partial charge is 0.497 e. The van der Waals surface area contributed by atoms with Gasteiger partial charge in [-0.25, -0.2) is 0 Å². The molecule has 1 amide bonds. The quantitative estimate of drug-likeness (QED) is 0.843. The number of ether oxygens (including phenoxy) is 1. The number of hydrogen-bond donors (Lipinski definition) is 2. The van der Waals surface area contributed by atoms with Crippen LogP contribution in [0.4, 0.5) is 5.69 Å². The number of nitrogens with zero attached hydrogens (tertiary/aromatic N) is 2. The molecule has 1 saturated heterocycles. The lowest BCUT2D eigenvalue weighted by atomic mass is 10.1. The number of nitriles is 1. The topological polar surface area (TPSA) is 77.4 Å². The van der Waals surface area contributed by atoms with Crippen molar-refractivity contribution in [3.8, 4) is 11.8 Å². The second-order valence-corrected chi connectivity index (χ2v) is 4.80. The van der Waals surface area contributed by atoms with Gasteiger partial charge >= 0.3 is 0 Å². The maximum absolute atomic E-state index is 12.2. The lowest BCUT2D eigenvalue weighted by Gasteiger charge is -2.37. The van der Waals surface area contributed by atoms with Crippen LogP contribution in [0.3, 0.4) is 0 Å². The summed E-state index contributed by atoms with van der Waals surface area (Å²) >= 11 is 0. The highest BCUT2D eigenvalue weighted by Gasteiger charge is 2.30. The first-order valence-corrected chi connectivity index (χ1v) is 7.04. The van der Waals surface area contributed by atoms with Crippen molar-refractivity contribution in [2.45, 2.75) is 13.0 Å². The molecule has 0 aliphatic carbocycles. The predicted octanol–water partition coefficient (Wildman–Crippen LogP) is 0.481. The molecule has 0 aromatic heterocycles. The number of nitrogens with one attached hydrogen (secondary N) is 2. The van der Waals surface area contributed by atoms with Gasteiger partial charge in [0.05, 0.1) is 18.4 Å². The highest BCUT2D eigenvalue weighted by Crippen LogP contribution is 2.28. The van der Waals surface area contributed by atoms with E-state index in [2.05, 4.69) is 16.7 Å². The van der Waals surface area contributed by atoms with Crippen molar-refractivity contribution < 1.29 is 9.53 Å². The molecule has 0 bridgehead atoms. The van der Waals surface area contributed by atoms with Crippen molar-refractivity contribution in [1.29, 1.82) is 5.26 Å². The number of hydrogen-bond acceptors (Lipinski definition) is 5. The molecule has 21 heavy (non-hydrogen) atoms. The number of likely N-dealkylation sites (N-methyl/N-ethyl adjacent to an activating group) is 1. The molecule has 0 spiro atoms. The average molecular weight is 288 g/mol. The van der Waals surface area contributed by atoms with Gasteiger partial charge in [0, 0.05) is 32.2 Å². The molecule has 112 valence electrons. The molecule has 2 N–H and O–H groups in total. The molecule has 6 heteroatoms. The van der Waals surface area contributed by atoms with Crippen LogP contribution in [0.5, 0.6) is 5.75 Å². The second kappa shape index (κ2) is 6.95. The lowest BCUT2D eigenvalue weighted by Crippen LogP contribution is -2.58. The number of benzene rings is 1. The minimum absolute atomic E-state index is 0.0311. The average Bonchev–Trinajstić information content (AvgIpc) is 2.54. The molecular weight excluding hydrogens is 268 g/mol. The molecule has 2 rings (SSSR count). The van der Waals surface area contributed by atoms with Crippen molar-refractivity contribution in [2.24, 2.45) is 0 Å². The number of amides is 1. The minimum atomic E-state index is -0.321. The van der Waals surface area contributed by atoms with Crippen LogP contribution in [0.1, 0.15) is 12.5 Å². The van der Waals surface area contributed by atoms with E-state index in [1.165, 1.54) is 0 Å². The Bertz CT molecular complexity index is 553. The van der Waals surface area contributed by atoms with Gasteiger partial charge in [0.2, 0.25) is 5.91 Å². The Morgan fingerprint density at radius 1 is 1.62 bits per heavy atom. The van der Waals surface area contributed by atoms with Gasteiger partial charge in [0.25, 0.3) is 0 Å². The van der Waals surface area contributed by atoms with Crippen LogP contribution in [0, 0.1) is 11.3 Å². The van der Waals surface area contributed by atoms with Crippen LogP contribution in [0.25, 0.3) is 0 Å². The molecule has 0 radical (unpaired) electrons. The van der Waals surface area contributed by atoms with E-state index in [1.54, 1.807) is 19.2 Å². The Morgan fingerprint density at radius 3 is 3.10 bits per heavy atom. The van der Waals surface area contributed by atoms with Gasteiger partial charge in [0.1, 0.15) is 17.9 Å². The molecule has 1 aliphatic rings. The number of anilines is 1. The second-order valence-electron chi connectivity index (χ2n) is 4.80. The summed E-state index contributed by atoms with van der Waals surface area (Å²) in [5.74, 6) is 0.647. The summed E-state index contributed by atoms with van der Waals surface area (Å²) in [5.41, 5.74) is 1.29. The summed E-state index contributed by atoms with van der Waals surface area (Å²) in [6.45, 7) is 4.49. The molecule has 1 fully saturated rings. The summed E-state index contributed by atoms with van der Waals surface area (Å²) in [7, 11) is 1.59. The number of carbonyl (C=O) groups is 1. The monoisotopic (exact) mass is 288 g/mol. The zero-order chi connectivity index (χ0) is 15.2. The Hall–Kier alpha value is -2.26. The zero-order valence-electron chi connectivity index (χ0n) is 12.3.